The Morgan fingerprint density at radius 1 is 1.09 bits per heavy atom. The molecule has 0 unspecified atom stereocenters. The molecular weight excluding hydrogens is 430 g/mol. The van der Waals surface area contributed by atoms with Crippen LogP contribution in [0.25, 0.3) is 0 Å². The summed E-state index contributed by atoms with van der Waals surface area (Å²) in [6, 6.07) is 13.4. The maximum atomic E-state index is 13.5. The minimum Gasteiger partial charge on any atom is -0.495 e. The molecule has 8 nitrogen and oxygen atoms in total. The number of benzene rings is 2. The van der Waals surface area contributed by atoms with Gasteiger partial charge in [0.15, 0.2) is 0 Å². The summed E-state index contributed by atoms with van der Waals surface area (Å²) in [5.74, 6) is -0.466. The lowest BCUT2D eigenvalue weighted by Gasteiger charge is -2.33. The fraction of sp³-hybridized carbons (Fsp3) is 0.391. The maximum absolute atomic E-state index is 13.5. The molecule has 0 aliphatic rings. The molecule has 0 heterocycles. The van der Waals surface area contributed by atoms with E-state index in [1.54, 1.807) is 24.3 Å². The highest BCUT2D eigenvalue weighted by atomic mass is 32.2. The van der Waals surface area contributed by atoms with Gasteiger partial charge in [0.2, 0.25) is 21.8 Å². The zero-order valence-corrected chi connectivity index (χ0v) is 20.0. The number of carbonyl (C=O) groups is 2. The van der Waals surface area contributed by atoms with Crippen molar-refractivity contribution < 1.29 is 22.7 Å². The van der Waals surface area contributed by atoms with Crippen LogP contribution in [0.2, 0.25) is 0 Å². The number of sulfonamides is 1. The van der Waals surface area contributed by atoms with E-state index in [0.717, 1.165) is 21.7 Å². The number of ether oxygens (including phenoxy) is 1. The molecule has 174 valence electrons. The third kappa shape index (κ3) is 6.00. The second-order valence-electron chi connectivity index (χ2n) is 7.43. The number of nitrogens with one attached hydrogen (secondary N) is 1. The van der Waals surface area contributed by atoms with Crippen molar-refractivity contribution in [3.8, 4) is 5.75 Å². The first-order valence-corrected chi connectivity index (χ1v) is 12.1. The molecule has 0 saturated carbocycles. The summed E-state index contributed by atoms with van der Waals surface area (Å²) < 4.78 is 31.6. The third-order valence-electron chi connectivity index (χ3n) is 5.27. The quantitative estimate of drug-likeness (QED) is 0.586. The predicted molar refractivity (Wildman–Crippen MR) is 125 cm³/mol. The van der Waals surface area contributed by atoms with Gasteiger partial charge in [-0.3, -0.25) is 13.9 Å². The fourth-order valence-corrected chi connectivity index (χ4v) is 4.34. The number of nitrogens with zero attached hydrogens (tertiary/aromatic N) is 2. The molecule has 0 aromatic heterocycles. The monoisotopic (exact) mass is 461 g/mol. The van der Waals surface area contributed by atoms with Gasteiger partial charge < -0.3 is 15.0 Å². The highest BCUT2D eigenvalue weighted by Crippen LogP contribution is 2.29. The van der Waals surface area contributed by atoms with Crippen molar-refractivity contribution in [3.05, 3.63) is 59.7 Å². The van der Waals surface area contributed by atoms with Crippen molar-refractivity contribution in [3.63, 3.8) is 0 Å². The molecule has 0 aliphatic carbocycles. The van der Waals surface area contributed by atoms with Gasteiger partial charge in [-0.15, -0.1) is 0 Å². The smallest absolute Gasteiger partial charge is 0.244 e. The highest BCUT2D eigenvalue weighted by Gasteiger charge is 2.32. The number of para-hydroxylation sites is 2. The Labute approximate surface area is 190 Å². The van der Waals surface area contributed by atoms with E-state index in [-0.39, 0.29) is 18.1 Å². The van der Waals surface area contributed by atoms with Crippen LogP contribution in [0, 0.1) is 6.92 Å². The number of carbonyl (C=O) groups excluding carboxylic acids is 2. The molecule has 32 heavy (non-hydrogen) atoms. The van der Waals surface area contributed by atoms with E-state index >= 15 is 0 Å². The molecule has 2 aromatic carbocycles. The van der Waals surface area contributed by atoms with Gasteiger partial charge in [0, 0.05) is 13.6 Å². The number of anilines is 1. The summed E-state index contributed by atoms with van der Waals surface area (Å²) in [4.78, 5) is 27.5. The Balaban J connectivity index is 2.48. The van der Waals surface area contributed by atoms with E-state index in [0.29, 0.717) is 12.2 Å². The SMILES string of the molecule is CC[C@@H](C(=O)NC)N(Cc1ccccc1C)C(=O)CN(c1ccccc1OC)S(C)(=O)=O. The molecule has 0 spiro atoms. The van der Waals surface area contributed by atoms with Crippen LogP contribution in [0.15, 0.2) is 48.5 Å². The number of rotatable bonds is 10. The molecule has 1 N–H and O–H groups in total. The summed E-state index contributed by atoms with van der Waals surface area (Å²) in [7, 11) is -0.865. The zero-order valence-electron chi connectivity index (χ0n) is 19.2. The van der Waals surface area contributed by atoms with Crippen LogP contribution in [0.5, 0.6) is 5.75 Å². The van der Waals surface area contributed by atoms with Gasteiger partial charge in [-0.1, -0.05) is 43.3 Å². The number of hydrogen-bond acceptors (Lipinski definition) is 5. The molecule has 1 atom stereocenters. The van der Waals surface area contributed by atoms with E-state index in [9.17, 15) is 18.0 Å². The van der Waals surface area contributed by atoms with E-state index in [1.165, 1.54) is 19.1 Å². The molecule has 0 aliphatic heterocycles. The summed E-state index contributed by atoms with van der Waals surface area (Å²) >= 11 is 0. The standard InChI is InChI=1S/C23H31N3O5S/c1-6-19(23(28)24-3)25(15-18-12-8-7-11-17(18)2)22(27)16-26(32(5,29)30)20-13-9-10-14-21(20)31-4/h7-14,19H,6,15-16H2,1-5H3,(H,24,28)/t19-/m0/s1. The topological polar surface area (TPSA) is 96.0 Å². The number of amides is 2. The maximum Gasteiger partial charge on any atom is 0.244 e. The summed E-state index contributed by atoms with van der Waals surface area (Å²) in [6.07, 6.45) is 1.42. The average molecular weight is 462 g/mol. The van der Waals surface area contributed by atoms with Gasteiger partial charge in [0.1, 0.15) is 18.3 Å². The summed E-state index contributed by atoms with van der Waals surface area (Å²) in [6.45, 7) is 3.46. The van der Waals surface area contributed by atoms with E-state index in [4.69, 9.17) is 4.74 Å². The van der Waals surface area contributed by atoms with Crippen LogP contribution in [0.3, 0.4) is 0 Å². The first-order valence-electron chi connectivity index (χ1n) is 10.3. The molecule has 0 fully saturated rings. The van der Waals surface area contributed by atoms with Crippen LogP contribution in [-0.2, 0) is 26.2 Å². The lowest BCUT2D eigenvalue weighted by molar-refractivity contribution is -0.140. The van der Waals surface area contributed by atoms with E-state index in [1.807, 2.05) is 38.1 Å². The van der Waals surface area contributed by atoms with Crippen molar-refractivity contribution in [2.45, 2.75) is 32.9 Å². The van der Waals surface area contributed by atoms with Crippen molar-refractivity contribution in [2.75, 3.05) is 31.3 Å². The number of aryl methyl sites for hydroxylation is 1. The molecule has 0 bridgehead atoms. The van der Waals surface area contributed by atoms with Crippen LogP contribution in [0.4, 0.5) is 5.69 Å². The highest BCUT2D eigenvalue weighted by molar-refractivity contribution is 7.92. The Bertz CT molecular complexity index is 1060. The van der Waals surface area contributed by atoms with Gasteiger partial charge in [0.05, 0.1) is 19.1 Å². The molecule has 2 aromatic rings. The zero-order chi connectivity index (χ0) is 23.9. The van der Waals surface area contributed by atoms with Crippen molar-refractivity contribution in [2.24, 2.45) is 0 Å². The summed E-state index contributed by atoms with van der Waals surface area (Å²) in [5.41, 5.74) is 2.11. The number of methoxy groups -OCH3 is 1. The number of hydrogen-bond donors (Lipinski definition) is 1. The normalized spacial score (nSPS) is 12.0. The summed E-state index contributed by atoms with van der Waals surface area (Å²) in [5, 5.41) is 2.60. The second-order valence-corrected chi connectivity index (χ2v) is 9.33. The minimum atomic E-state index is -3.81. The average Bonchev–Trinajstić information content (AvgIpc) is 2.77. The molecule has 9 heteroatoms. The Morgan fingerprint density at radius 3 is 2.28 bits per heavy atom. The second kappa shape index (κ2) is 11.0. The van der Waals surface area contributed by atoms with Gasteiger partial charge >= 0.3 is 0 Å². The molecule has 0 radical (unpaired) electrons. The first kappa shape index (κ1) is 25.2. The van der Waals surface area contributed by atoms with Crippen molar-refractivity contribution in [1.82, 2.24) is 10.2 Å². The fourth-order valence-electron chi connectivity index (χ4n) is 3.49. The van der Waals surface area contributed by atoms with Crippen LogP contribution >= 0.6 is 0 Å². The van der Waals surface area contributed by atoms with Gasteiger partial charge in [-0.2, -0.15) is 0 Å². The molecule has 2 rings (SSSR count). The van der Waals surface area contributed by atoms with Crippen LogP contribution in [-0.4, -0.2) is 58.1 Å². The van der Waals surface area contributed by atoms with Crippen molar-refractivity contribution >= 4 is 27.5 Å². The Kier molecular flexibility index (Phi) is 8.65. The molecule has 2 amide bonds. The Morgan fingerprint density at radius 2 is 1.72 bits per heavy atom. The number of likely N-dealkylation sites (N-methyl/N-ethyl adjacent to an activating group) is 1. The third-order valence-corrected chi connectivity index (χ3v) is 6.39. The lowest BCUT2D eigenvalue weighted by Crippen LogP contribution is -2.51. The molecule has 0 saturated heterocycles. The van der Waals surface area contributed by atoms with E-state index < -0.39 is 28.5 Å². The predicted octanol–water partition coefficient (Wildman–Crippen LogP) is 2.32. The van der Waals surface area contributed by atoms with Crippen LogP contribution in [0.1, 0.15) is 24.5 Å². The van der Waals surface area contributed by atoms with Gasteiger partial charge in [-0.05, 0) is 36.6 Å². The van der Waals surface area contributed by atoms with E-state index in [2.05, 4.69) is 5.32 Å². The largest absolute Gasteiger partial charge is 0.495 e. The van der Waals surface area contributed by atoms with Crippen LogP contribution < -0.4 is 14.4 Å². The lowest BCUT2D eigenvalue weighted by atomic mass is 10.1. The van der Waals surface area contributed by atoms with Gasteiger partial charge in [0.25, 0.3) is 0 Å². The minimum absolute atomic E-state index is 0.182. The Hall–Kier alpha value is -3.07. The van der Waals surface area contributed by atoms with Gasteiger partial charge in [-0.25, -0.2) is 8.42 Å². The first-order chi connectivity index (χ1) is 15.1. The van der Waals surface area contributed by atoms with Crippen molar-refractivity contribution in [1.29, 1.82) is 0 Å². The molecular formula is C23H31N3O5S.